The number of fused-ring (bicyclic) bond motifs is 1. The molecule has 0 fully saturated rings. The molecular formula is C14H10N2O2S. The number of nitrogens with zero attached hydrogens (tertiary/aromatic N) is 2. The summed E-state index contributed by atoms with van der Waals surface area (Å²) in [6.07, 6.45) is 4.55. The molecule has 0 amide bonds. The molecule has 0 saturated heterocycles. The molecule has 0 unspecified atom stereocenters. The number of aromatic nitrogens is 2. The Hall–Kier alpha value is -2.40. The highest BCUT2D eigenvalue weighted by Gasteiger charge is 2.11. The fraction of sp³-hybridized carbons (Fsp3) is 0. The fourth-order valence-electron chi connectivity index (χ4n) is 1.91. The molecule has 3 aromatic rings. The van der Waals surface area contributed by atoms with E-state index in [1.807, 2.05) is 46.3 Å². The molecule has 0 atom stereocenters. The summed E-state index contributed by atoms with van der Waals surface area (Å²) < 4.78 is 1.97. The van der Waals surface area contributed by atoms with Crippen LogP contribution in [-0.4, -0.2) is 20.5 Å². The number of hydrogen-bond acceptors (Lipinski definition) is 3. The maximum absolute atomic E-state index is 10.6. The Morgan fingerprint density at radius 3 is 2.95 bits per heavy atom. The van der Waals surface area contributed by atoms with Crippen molar-refractivity contribution in [3.8, 4) is 10.7 Å². The van der Waals surface area contributed by atoms with Gasteiger partial charge in [-0.1, -0.05) is 12.1 Å². The van der Waals surface area contributed by atoms with Crippen LogP contribution in [0.25, 0.3) is 22.3 Å². The lowest BCUT2D eigenvalue weighted by Gasteiger charge is -1.96. The molecule has 0 aromatic carbocycles. The van der Waals surface area contributed by atoms with Crippen LogP contribution < -0.4 is 0 Å². The quantitative estimate of drug-likeness (QED) is 0.744. The van der Waals surface area contributed by atoms with Gasteiger partial charge in [0.25, 0.3) is 0 Å². The highest BCUT2D eigenvalue weighted by molar-refractivity contribution is 7.13. The van der Waals surface area contributed by atoms with E-state index in [2.05, 4.69) is 4.98 Å². The monoisotopic (exact) mass is 270 g/mol. The SMILES string of the molecule is O=C(O)/C=C/c1nc(-c2cccs2)n2ccccc12. The van der Waals surface area contributed by atoms with E-state index >= 15 is 0 Å². The van der Waals surface area contributed by atoms with Gasteiger partial charge in [-0.25, -0.2) is 9.78 Å². The molecule has 1 N–H and O–H groups in total. The number of imidazole rings is 1. The maximum atomic E-state index is 10.6. The first-order valence-electron chi connectivity index (χ1n) is 5.67. The summed E-state index contributed by atoms with van der Waals surface area (Å²) in [5.41, 5.74) is 1.55. The van der Waals surface area contributed by atoms with E-state index < -0.39 is 5.97 Å². The number of carboxylic acids is 1. The van der Waals surface area contributed by atoms with E-state index in [-0.39, 0.29) is 0 Å². The lowest BCUT2D eigenvalue weighted by atomic mass is 10.3. The Morgan fingerprint density at radius 1 is 1.32 bits per heavy atom. The molecule has 3 rings (SSSR count). The smallest absolute Gasteiger partial charge is 0.328 e. The minimum absolute atomic E-state index is 0.659. The lowest BCUT2D eigenvalue weighted by molar-refractivity contribution is -0.131. The van der Waals surface area contributed by atoms with Gasteiger partial charge in [-0.2, -0.15) is 0 Å². The third-order valence-corrected chi connectivity index (χ3v) is 3.57. The summed E-state index contributed by atoms with van der Waals surface area (Å²) in [5.74, 6) is -0.148. The number of thiophene rings is 1. The van der Waals surface area contributed by atoms with Gasteiger partial charge in [0.1, 0.15) is 0 Å². The van der Waals surface area contributed by atoms with Gasteiger partial charge in [0.05, 0.1) is 16.1 Å². The summed E-state index contributed by atoms with van der Waals surface area (Å²) in [6.45, 7) is 0. The van der Waals surface area contributed by atoms with Gasteiger partial charge >= 0.3 is 5.97 Å². The van der Waals surface area contributed by atoms with Gasteiger partial charge in [0.2, 0.25) is 0 Å². The molecule has 19 heavy (non-hydrogen) atoms. The van der Waals surface area contributed by atoms with Crippen LogP contribution in [0.5, 0.6) is 0 Å². The van der Waals surface area contributed by atoms with E-state index in [1.165, 1.54) is 6.08 Å². The number of aliphatic carboxylic acids is 1. The Balaban J connectivity index is 2.22. The Morgan fingerprint density at radius 2 is 2.21 bits per heavy atom. The van der Waals surface area contributed by atoms with Crippen molar-refractivity contribution < 1.29 is 9.90 Å². The predicted octanol–water partition coefficient (Wildman–Crippen LogP) is 3.16. The first-order valence-corrected chi connectivity index (χ1v) is 6.55. The number of hydrogen-bond donors (Lipinski definition) is 1. The van der Waals surface area contributed by atoms with E-state index in [0.717, 1.165) is 22.3 Å². The number of carbonyl (C=O) groups is 1. The largest absolute Gasteiger partial charge is 0.478 e. The highest BCUT2D eigenvalue weighted by atomic mass is 32.1. The molecular weight excluding hydrogens is 260 g/mol. The first kappa shape index (κ1) is 11.7. The van der Waals surface area contributed by atoms with Gasteiger partial charge in [-0.05, 0) is 29.7 Å². The van der Waals surface area contributed by atoms with Gasteiger partial charge in [0.15, 0.2) is 5.82 Å². The lowest BCUT2D eigenvalue weighted by Crippen LogP contribution is -1.86. The van der Waals surface area contributed by atoms with Crippen LogP contribution in [0, 0.1) is 0 Å². The second-order valence-electron chi connectivity index (χ2n) is 3.93. The minimum Gasteiger partial charge on any atom is -0.478 e. The van der Waals surface area contributed by atoms with Crippen molar-refractivity contribution in [1.82, 2.24) is 9.38 Å². The average molecular weight is 270 g/mol. The van der Waals surface area contributed by atoms with Crippen molar-refractivity contribution >= 4 is 28.9 Å². The molecule has 0 bridgehead atoms. The van der Waals surface area contributed by atoms with Gasteiger partial charge in [0, 0.05) is 12.3 Å². The van der Waals surface area contributed by atoms with E-state index in [0.29, 0.717) is 5.69 Å². The van der Waals surface area contributed by atoms with Crippen molar-refractivity contribution in [2.45, 2.75) is 0 Å². The highest BCUT2D eigenvalue weighted by Crippen LogP contribution is 2.26. The zero-order valence-corrected chi connectivity index (χ0v) is 10.7. The Labute approximate surface area is 113 Å². The van der Waals surface area contributed by atoms with Crippen molar-refractivity contribution in [2.75, 3.05) is 0 Å². The molecule has 3 heterocycles. The van der Waals surface area contributed by atoms with Crippen molar-refractivity contribution in [2.24, 2.45) is 0 Å². The third kappa shape index (κ3) is 2.15. The van der Waals surface area contributed by atoms with Crippen LogP contribution in [0.1, 0.15) is 5.69 Å². The minimum atomic E-state index is -0.977. The van der Waals surface area contributed by atoms with Crippen LogP contribution >= 0.6 is 11.3 Å². The third-order valence-electron chi connectivity index (χ3n) is 2.70. The molecule has 5 heteroatoms. The van der Waals surface area contributed by atoms with Crippen molar-refractivity contribution in [3.63, 3.8) is 0 Å². The standard InChI is InChI=1S/C14H10N2O2S/c17-13(18)7-6-10-11-4-1-2-8-16(11)14(15-10)12-5-3-9-19-12/h1-9H,(H,17,18)/b7-6+. The van der Waals surface area contributed by atoms with Gasteiger partial charge < -0.3 is 5.11 Å². The van der Waals surface area contributed by atoms with Crippen molar-refractivity contribution in [3.05, 3.63) is 53.7 Å². The van der Waals surface area contributed by atoms with Gasteiger partial charge in [-0.3, -0.25) is 4.40 Å². The van der Waals surface area contributed by atoms with Crippen LogP contribution in [0.15, 0.2) is 48.0 Å². The second-order valence-corrected chi connectivity index (χ2v) is 4.87. The first-order chi connectivity index (χ1) is 9.25. The summed E-state index contributed by atoms with van der Waals surface area (Å²) in [4.78, 5) is 16.2. The molecule has 0 radical (unpaired) electrons. The van der Waals surface area contributed by atoms with E-state index in [9.17, 15) is 4.79 Å². The maximum Gasteiger partial charge on any atom is 0.328 e. The van der Waals surface area contributed by atoms with E-state index in [1.54, 1.807) is 11.3 Å². The van der Waals surface area contributed by atoms with Crippen molar-refractivity contribution in [1.29, 1.82) is 0 Å². The number of pyridine rings is 1. The predicted molar refractivity (Wildman–Crippen MR) is 75.2 cm³/mol. The Kier molecular flexibility index (Phi) is 2.89. The zero-order chi connectivity index (χ0) is 13.2. The Bertz CT molecular complexity index is 757. The average Bonchev–Trinajstić information content (AvgIpc) is 3.03. The molecule has 94 valence electrons. The summed E-state index contributed by atoms with van der Waals surface area (Å²) in [7, 11) is 0. The molecule has 0 aliphatic heterocycles. The number of carboxylic acid groups (broad SMARTS) is 1. The van der Waals surface area contributed by atoms with Crippen LogP contribution in [-0.2, 0) is 4.79 Å². The molecule has 0 spiro atoms. The molecule has 4 nitrogen and oxygen atoms in total. The molecule has 0 saturated carbocycles. The molecule has 0 aliphatic rings. The fourth-order valence-corrected chi connectivity index (χ4v) is 2.62. The van der Waals surface area contributed by atoms with Crippen LogP contribution in [0.4, 0.5) is 0 Å². The van der Waals surface area contributed by atoms with E-state index in [4.69, 9.17) is 5.11 Å². The molecule has 3 aromatic heterocycles. The van der Waals surface area contributed by atoms with Crippen LogP contribution in [0.3, 0.4) is 0 Å². The van der Waals surface area contributed by atoms with Crippen LogP contribution in [0.2, 0.25) is 0 Å². The molecule has 0 aliphatic carbocycles. The normalized spacial score (nSPS) is 11.4. The summed E-state index contributed by atoms with van der Waals surface area (Å²) in [5, 5.41) is 10.7. The summed E-state index contributed by atoms with van der Waals surface area (Å²) >= 11 is 1.60. The zero-order valence-electron chi connectivity index (χ0n) is 9.85. The topological polar surface area (TPSA) is 54.6 Å². The summed E-state index contributed by atoms with van der Waals surface area (Å²) in [6, 6.07) is 9.73. The van der Waals surface area contributed by atoms with Gasteiger partial charge in [-0.15, -0.1) is 11.3 Å². The second kappa shape index (κ2) is 4.70. The number of rotatable bonds is 3.